The molecule has 28 heavy (non-hydrogen) atoms. The Bertz CT molecular complexity index is 736. The minimum absolute atomic E-state index is 0.347. The summed E-state index contributed by atoms with van der Waals surface area (Å²) in [6.07, 6.45) is 4.48. The molecule has 2 aromatic rings. The Hall–Kier alpha value is -1.88. The van der Waals surface area contributed by atoms with Crippen molar-refractivity contribution >= 4 is 0 Å². The van der Waals surface area contributed by atoms with E-state index in [0.29, 0.717) is 19.2 Å². The predicted molar refractivity (Wildman–Crippen MR) is 113 cm³/mol. The standard InChI is InChI=1S/C24H32N2O2/c27-21(19-28-22-10-2-1-3-11-22)18-25-14-7-15-26(17-16-25)24-13-6-9-20-8-4-5-12-23(20)24/h1-5,8,10-12,21,24,27H,6-7,9,13-19H2. The number of aliphatic hydroxyl groups excluding tert-OH is 1. The molecule has 0 spiro atoms. The van der Waals surface area contributed by atoms with Gasteiger partial charge in [-0.25, -0.2) is 0 Å². The Balaban J connectivity index is 1.28. The van der Waals surface area contributed by atoms with E-state index >= 15 is 0 Å². The van der Waals surface area contributed by atoms with Gasteiger partial charge in [-0.3, -0.25) is 9.80 Å². The van der Waals surface area contributed by atoms with Gasteiger partial charge < -0.3 is 9.84 Å². The molecule has 2 aliphatic rings. The summed E-state index contributed by atoms with van der Waals surface area (Å²) >= 11 is 0. The highest BCUT2D eigenvalue weighted by Crippen LogP contribution is 2.34. The quantitative estimate of drug-likeness (QED) is 0.832. The molecule has 1 heterocycles. The first-order chi connectivity index (χ1) is 13.8. The number of benzene rings is 2. The Morgan fingerprint density at radius 3 is 2.64 bits per heavy atom. The van der Waals surface area contributed by atoms with Crippen molar-refractivity contribution in [1.82, 2.24) is 9.80 Å². The van der Waals surface area contributed by atoms with Crippen LogP contribution in [0.4, 0.5) is 0 Å². The molecule has 2 unspecified atom stereocenters. The van der Waals surface area contributed by atoms with Gasteiger partial charge in [-0.2, -0.15) is 0 Å². The number of para-hydroxylation sites is 1. The zero-order valence-electron chi connectivity index (χ0n) is 16.7. The molecule has 0 radical (unpaired) electrons. The van der Waals surface area contributed by atoms with Gasteiger partial charge in [-0.15, -0.1) is 0 Å². The summed E-state index contributed by atoms with van der Waals surface area (Å²) < 4.78 is 5.71. The van der Waals surface area contributed by atoms with Gasteiger partial charge in [0, 0.05) is 32.2 Å². The van der Waals surface area contributed by atoms with E-state index in [2.05, 4.69) is 34.1 Å². The Labute approximate surface area is 168 Å². The largest absolute Gasteiger partial charge is 0.491 e. The van der Waals surface area contributed by atoms with E-state index < -0.39 is 6.10 Å². The van der Waals surface area contributed by atoms with Gasteiger partial charge in [0.15, 0.2) is 0 Å². The monoisotopic (exact) mass is 380 g/mol. The van der Waals surface area contributed by atoms with Crippen molar-refractivity contribution in [3.63, 3.8) is 0 Å². The molecule has 0 saturated carbocycles. The zero-order valence-corrected chi connectivity index (χ0v) is 16.7. The second kappa shape index (κ2) is 9.55. The van der Waals surface area contributed by atoms with Crippen molar-refractivity contribution in [2.24, 2.45) is 0 Å². The molecule has 1 aliphatic heterocycles. The maximum Gasteiger partial charge on any atom is 0.119 e. The van der Waals surface area contributed by atoms with Gasteiger partial charge in [-0.05, 0) is 55.5 Å². The maximum absolute atomic E-state index is 10.4. The molecule has 1 N–H and O–H groups in total. The summed E-state index contributed by atoms with van der Waals surface area (Å²) in [5.41, 5.74) is 3.08. The van der Waals surface area contributed by atoms with Gasteiger partial charge in [0.05, 0.1) is 0 Å². The second-order valence-corrected chi connectivity index (χ2v) is 8.07. The van der Waals surface area contributed by atoms with E-state index in [9.17, 15) is 5.11 Å². The summed E-state index contributed by atoms with van der Waals surface area (Å²) in [5.74, 6) is 0.819. The molecule has 0 bridgehead atoms. The number of aliphatic hydroxyl groups is 1. The minimum atomic E-state index is -0.456. The zero-order chi connectivity index (χ0) is 19.2. The van der Waals surface area contributed by atoms with Crippen LogP contribution in [-0.2, 0) is 6.42 Å². The Kier molecular flexibility index (Phi) is 6.63. The van der Waals surface area contributed by atoms with E-state index in [-0.39, 0.29) is 0 Å². The van der Waals surface area contributed by atoms with Crippen molar-refractivity contribution < 1.29 is 9.84 Å². The van der Waals surface area contributed by atoms with Crippen LogP contribution in [0.25, 0.3) is 0 Å². The summed E-state index contributed by atoms with van der Waals surface area (Å²) in [5, 5.41) is 10.4. The van der Waals surface area contributed by atoms with Crippen LogP contribution in [0.15, 0.2) is 54.6 Å². The minimum Gasteiger partial charge on any atom is -0.491 e. The van der Waals surface area contributed by atoms with Crippen LogP contribution in [0.1, 0.15) is 36.4 Å². The molecule has 2 aromatic carbocycles. The third-order valence-corrected chi connectivity index (χ3v) is 6.06. The van der Waals surface area contributed by atoms with Gasteiger partial charge in [0.25, 0.3) is 0 Å². The van der Waals surface area contributed by atoms with Crippen LogP contribution in [0, 0.1) is 0 Å². The van der Waals surface area contributed by atoms with Gasteiger partial charge in [0.2, 0.25) is 0 Å². The molecular weight excluding hydrogens is 348 g/mol. The van der Waals surface area contributed by atoms with E-state index in [1.54, 1.807) is 5.56 Å². The number of fused-ring (bicyclic) bond motifs is 1. The van der Waals surface area contributed by atoms with Crippen molar-refractivity contribution in [3.8, 4) is 5.75 Å². The fourth-order valence-electron chi connectivity index (χ4n) is 4.65. The predicted octanol–water partition coefficient (Wildman–Crippen LogP) is 3.51. The molecule has 1 aliphatic carbocycles. The Morgan fingerprint density at radius 2 is 1.75 bits per heavy atom. The summed E-state index contributed by atoms with van der Waals surface area (Å²) in [4.78, 5) is 5.07. The first kappa shape index (κ1) is 19.4. The topological polar surface area (TPSA) is 35.9 Å². The molecule has 4 nitrogen and oxygen atoms in total. The molecule has 4 heteroatoms. The van der Waals surface area contributed by atoms with Crippen LogP contribution in [0.2, 0.25) is 0 Å². The SMILES string of the molecule is OC(COc1ccccc1)CN1CCCN(C2CCCc3ccccc32)CC1. The average molecular weight is 381 g/mol. The highest BCUT2D eigenvalue weighted by atomic mass is 16.5. The second-order valence-electron chi connectivity index (χ2n) is 8.07. The molecular formula is C24H32N2O2. The number of hydrogen-bond donors (Lipinski definition) is 1. The van der Waals surface area contributed by atoms with Gasteiger partial charge >= 0.3 is 0 Å². The van der Waals surface area contributed by atoms with E-state index in [1.165, 1.54) is 24.8 Å². The number of β-amino-alcohol motifs (C(OH)–C–C–N with tert-alkyl or cyclic N) is 1. The summed E-state index contributed by atoms with van der Waals surface area (Å²) in [6, 6.07) is 19.3. The lowest BCUT2D eigenvalue weighted by molar-refractivity contribution is 0.0685. The van der Waals surface area contributed by atoms with E-state index in [1.807, 2.05) is 30.3 Å². The fraction of sp³-hybridized carbons (Fsp3) is 0.500. The van der Waals surface area contributed by atoms with Crippen LogP contribution in [-0.4, -0.2) is 60.3 Å². The lowest BCUT2D eigenvalue weighted by Crippen LogP contribution is -2.39. The first-order valence-electron chi connectivity index (χ1n) is 10.7. The molecule has 150 valence electrons. The molecule has 2 atom stereocenters. The number of aryl methyl sites for hydroxylation is 1. The van der Waals surface area contributed by atoms with Crippen LogP contribution < -0.4 is 4.74 Å². The molecule has 1 fully saturated rings. The lowest BCUT2D eigenvalue weighted by Gasteiger charge is -2.35. The maximum atomic E-state index is 10.4. The summed E-state index contributed by atoms with van der Waals surface area (Å²) in [7, 11) is 0. The lowest BCUT2D eigenvalue weighted by atomic mass is 9.87. The van der Waals surface area contributed by atoms with Crippen molar-refractivity contribution in [2.75, 3.05) is 39.3 Å². The van der Waals surface area contributed by atoms with Crippen LogP contribution >= 0.6 is 0 Å². The van der Waals surface area contributed by atoms with Gasteiger partial charge in [0.1, 0.15) is 18.5 Å². The Morgan fingerprint density at radius 1 is 0.929 bits per heavy atom. The van der Waals surface area contributed by atoms with Gasteiger partial charge in [-0.1, -0.05) is 42.5 Å². The first-order valence-corrected chi connectivity index (χ1v) is 10.7. The van der Waals surface area contributed by atoms with Crippen molar-refractivity contribution in [2.45, 2.75) is 37.8 Å². The highest BCUT2D eigenvalue weighted by molar-refractivity contribution is 5.32. The molecule has 0 amide bonds. The third kappa shape index (κ3) is 4.93. The fourth-order valence-corrected chi connectivity index (χ4v) is 4.65. The smallest absolute Gasteiger partial charge is 0.119 e. The van der Waals surface area contributed by atoms with Crippen LogP contribution in [0.3, 0.4) is 0 Å². The van der Waals surface area contributed by atoms with Crippen LogP contribution in [0.5, 0.6) is 5.75 Å². The third-order valence-electron chi connectivity index (χ3n) is 6.06. The number of nitrogens with zero attached hydrogens (tertiary/aromatic N) is 2. The normalized spacial score (nSPS) is 22.2. The number of rotatable bonds is 6. The highest BCUT2D eigenvalue weighted by Gasteiger charge is 2.27. The van der Waals surface area contributed by atoms with Crippen molar-refractivity contribution in [1.29, 1.82) is 0 Å². The van der Waals surface area contributed by atoms with E-state index in [0.717, 1.165) is 38.3 Å². The molecule has 1 saturated heterocycles. The van der Waals surface area contributed by atoms with E-state index in [4.69, 9.17) is 4.74 Å². The average Bonchev–Trinajstić information content (AvgIpc) is 2.98. The molecule has 4 rings (SSSR count). The molecule has 0 aromatic heterocycles. The van der Waals surface area contributed by atoms with Crippen molar-refractivity contribution in [3.05, 3.63) is 65.7 Å². The number of hydrogen-bond acceptors (Lipinski definition) is 4. The summed E-state index contributed by atoms with van der Waals surface area (Å²) in [6.45, 7) is 5.31. The number of ether oxygens (including phenoxy) is 1.